The van der Waals surface area contributed by atoms with Crippen molar-refractivity contribution in [1.29, 1.82) is 0 Å². The van der Waals surface area contributed by atoms with Crippen LogP contribution in [0.5, 0.6) is 0 Å². The number of nitrogens with zero attached hydrogens (tertiary/aromatic N) is 1. The normalized spacial score (nSPS) is 27.3. The van der Waals surface area contributed by atoms with Gasteiger partial charge in [0.2, 0.25) is 0 Å². The van der Waals surface area contributed by atoms with Crippen molar-refractivity contribution >= 4 is 5.97 Å². The van der Waals surface area contributed by atoms with E-state index >= 15 is 0 Å². The Labute approximate surface area is 89.0 Å². The molecule has 0 radical (unpaired) electrons. The van der Waals surface area contributed by atoms with E-state index in [0.717, 1.165) is 13.0 Å². The van der Waals surface area contributed by atoms with Gasteiger partial charge in [-0.25, -0.2) is 0 Å². The molecule has 2 heterocycles. The summed E-state index contributed by atoms with van der Waals surface area (Å²) in [6, 6.07) is 0. The van der Waals surface area contributed by atoms with Crippen LogP contribution in [0.1, 0.15) is 13.3 Å². The highest BCUT2D eigenvalue weighted by atomic mass is 16.7. The smallest absolute Gasteiger partial charge is 0.307 e. The molecule has 1 atom stereocenters. The molecular weight excluding hydrogens is 198 g/mol. The average Bonchev–Trinajstić information content (AvgIpc) is 2.78. The predicted octanol–water partition coefficient (Wildman–Crippen LogP) is 0.156. The molecule has 0 aromatic heterocycles. The van der Waals surface area contributed by atoms with Gasteiger partial charge in [-0.1, -0.05) is 6.92 Å². The third-order valence-electron chi connectivity index (χ3n) is 3.04. The lowest BCUT2D eigenvalue weighted by Gasteiger charge is -2.23. The third kappa shape index (κ3) is 2.30. The SMILES string of the molecule is CC(CN1CCC2(C1)OCCO2)C(=O)O. The average molecular weight is 215 g/mol. The van der Waals surface area contributed by atoms with E-state index in [2.05, 4.69) is 4.90 Å². The molecule has 5 nitrogen and oxygen atoms in total. The summed E-state index contributed by atoms with van der Waals surface area (Å²) < 4.78 is 11.1. The Balaban J connectivity index is 1.84. The number of ether oxygens (including phenoxy) is 2. The first-order chi connectivity index (χ1) is 7.11. The zero-order valence-electron chi connectivity index (χ0n) is 8.94. The first-order valence-electron chi connectivity index (χ1n) is 5.34. The number of hydrogen-bond acceptors (Lipinski definition) is 4. The zero-order chi connectivity index (χ0) is 10.9. The monoisotopic (exact) mass is 215 g/mol. The summed E-state index contributed by atoms with van der Waals surface area (Å²) in [4.78, 5) is 12.8. The maximum absolute atomic E-state index is 10.7. The minimum atomic E-state index is -0.746. The Hall–Kier alpha value is -0.650. The van der Waals surface area contributed by atoms with Gasteiger partial charge in [0.1, 0.15) is 0 Å². The fourth-order valence-electron chi connectivity index (χ4n) is 2.18. The van der Waals surface area contributed by atoms with Gasteiger partial charge < -0.3 is 14.6 Å². The van der Waals surface area contributed by atoms with Crippen molar-refractivity contribution in [3.8, 4) is 0 Å². The van der Waals surface area contributed by atoms with Crippen molar-refractivity contribution < 1.29 is 19.4 Å². The van der Waals surface area contributed by atoms with E-state index in [1.807, 2.05) is 0 Å². The summed E-state index contributed by atoms with van der Waals surface area (Å²) >= 11 is 0. The van der Waals surface area contributed by atoms with E-state index in [4.69, 9.17) is 14.6 Å². The number of carboxylic acid groups (broad SMARTS) is 1. The Morgan fingerprint density at radius 3 is 2.80 bits per heavy atom. The number of aliphatic carboxylic acids is 1. The molecule has 15 heavy (non-hydrogen) atoms. The molecule has 86 valence electrons. The van der Waals surface area contributed by atoms with Crippen LogP contribution in [0.4, 0.5) is 0 Å². The van der Waals surface area contributed by atoms with Crippen molar-refractivity contribution in [3.63, 3.8) is 0 Å². The van der Waals surface area contributed by atoms with Crippen LogP contribution in [0.15, 0.2) is 0 Å². The molecule has 0 aliphatic carbocycles. The second kappa shape index (κ2) is 4.08. The van der Waals surface area contributed by atoms with Crippen molar-refractivity contribution in [2.24, 2.45) is 5.92 Å². The Morgan fingerprint density at radius 2 is 2.20 bits per heavy atom. The Morgan fingerprint density at radius 1 is 1.53 bits per heavy atom. The molecule has 0 aromatic rings. The van der Waals surface area contributed by atoms with Crippen LogP contribution in [0, 0.1) is 5.92 Å². The summed E-state index contributed by atoms with van der Waals surface area (Å²) in [5.41, 5.74) is 0. The summed E-state index contributed by atoms with van der Waals surface area (Å²) in [5.74, 6) is -1.51. The van der Waals surface area contributed by atoms with E-state index in [1.54, 1.807) is 6.92 Å². The standard InChI is InChI=1S/C10H17NO4/c1-8(9(12)13)6-11-3-2-10(7-11)14-4-5-15-10/h8H,2-7H2,1H3,(H,12,13). The van der Waals surface area contributed by atoms with Crippen LogP contribution in [0.2, 0.25) is 0 Å². The molecule has 5 heteroatoms. The number of rotatable bonds is 3. The van der Waals surface area contributed by atoms with E-state index in [-0.39, 0.29) is 5.92 Å². The molecule has 1 N–H and O–H groups in total. The van der Waals surface area contributed by atoms with Crippen LogP contribution in [0.3, 0.4) is 0 Å². The number of carboxylic acids is 1. The molecule has 2 fully saturated rings. The molecule has 1 unspecified atom stereocenters. The lowest BCUT2D eigenvalue weighted by Crippen LogP contribution is -2.36. The molecular formula is C10H17NO4. The van der Waals surface area contributed by atoms with Gasteiger partial charge in [0, 0.05) is 19.5 Å². The highest BCUT2D eigenvalue weighted by molar-refractivity contribution is 5.69. The lowest BCUT2D eigenvalue weighted by atomic mass is 10.2. The van der Waals surface area contributed by atoms with Crippen LogP contribution in [-0.4, -0.2) is 54.6 Å². The first kappa shape index (κ1) is 10.9. The minimum Gasteiger partial charge on any atom is -0.481 e. The summed E-state index contributed by atoms with van der Waals surface area (Å²) in [5, 5.41) is 8.81. The quantitative estimate of drug-likeness (QED) is 0.726. The molecule has 2 rings (SSSR count). The topological polar surface area (TPSA) is 59.0 Å². The van der Waals surface area contributed by atoms with E-state index < -0.39 is 11.8 Å². The van der Waals surface area contributed by atoms with Crippen LogP contribution < -0.4 is 0 Å². The molecule has 0 bridgehead atoms. The van der Waals surface area contributed by atoms with Gasteiger partial charge in [-0.3, -0.25) is 9.69 Å². The summed E-state index contributed by atoms with van der Waals surface area (Å²) in [7, 11) is 0. The number of hydrogen-bond donors (Lipinski definition) is 1. The van der Waals surface area contributed by atoms with Crippen molar-refractivity contribution in [1.82, 2.24) is 4.90 Å². The van der Waals surface area contributed by atoms with E-state index in [1.165, 1.54) is 0 Å². The van der Waals surface area contributed by atoms with Crippen molar-refractivity contribution in [3.05, 3.63) is 0 Å². The zero-order valence-corrected chi connectivity index (χ0v) is 8.94. The van der Waals surface area contributed by atoms with Gasteiger partial charge >= 0.3 is 5.97 Å². The largest absolute Gasteiger partial charge is 0.481 e. The van der Waals surface area contributed by atoms with Gasteiger partial charge in [0.15, 0.2) is 5.79 Å². The summed E-state index contributed by atoms with van der Waals surface area (Å²) in [6.07, 6.45) is 0.847. The molecule has 2 aliphatic rings. The Bertz CT molecular complexity index is 250. The molecule has 2 aliphatic heterocycles. The van der Waals surface area contributed by atoms with Gasteiger partial charge in [-0.2, -0.15) is 0 Å². The highest BCUT2D eigenvalue weighted by Crippen LogP contribution is 2.30. The van der Waals surface area contributed by atoms with Crippen LogP contribution >= 0.6 is 0 Å². The van der Waals surface area contributed by atoms with Crippen LogP contribution in [-0.2, 0) is 14.3 Å². The van der Waals surface area contributed by atoms with Crippen LogP contribution in [0.25, 0.3) is 0 Å². The van der Waals surface area contributed by atoms with E-state index in [0.29, 0.717) is 26.3 Å². The second-order valence-electron chi connectivity index (χ2n) is 4.33. The number of carbonyl (C=O) groups is 1. The Kier molecular flexibility index (Phi) is 2.95. The second-order valence-corrected chi connectivity index (χ2v) is 4.33. The summed E-state index contributed by atoms with van der Waals surface area (Å²) in [6.45, 7) is 5.17. The fourth-order valence-corrected chi connectivity index (χ4v) is 2.18. The molecule has 0 amide bonds. The maximum atomic E-state index is 10.7. The molecule has 0 aromatic carbocycles. The fraction of sp³-hybridized carbons (Fsp3) is 0.900. The molecule has 1 spiro atoms. The van der Waals surface area contributed by atoms with Gasteiger partial charge in [0.05, 0.1) is 25.7 Å². The first-order valence-corrected chi connectivity index (χ1v) is 5.34. The van der Waals surface area contributed by atoms with Crippen molar-refractivity contribution in [2.75, 3.05) is 32.8 Å². The predicted molar refractivity (Wildman–Crippen MR) is 52.5 cm³/mol. The van der Waals surface area contributed by atoms with Gasteiger partial charge in [-0.05, 0) is 0 Å². The maximum Gasteiger partial charge on any atom is 0.307 e. The highest BCUT2D eigenvalue weighted by Gasteiger charge is 2.43. The number of likely N-dealkylation sites (tertiary alicyclic amines) is 1. The van der Waals surface area contributed by atoms with Crippen molar-refractivity contribution in [2.45, 2.75) is 19.1 Å². The van der Waals surface area contributed by atoms with E-state index in [9.17, 15) is 4.79 Å². The minimum absolute atomic E-state index is 0.332. The molecule has 2 saturated heterocycles. The van der Waals surface area contributed by atoms with Gasteiger partial charge in [-0.15, -0.1) is 0 Å². The van der Waals surface area contributed by atoms with Gasteiger partial charge in [0.25, 0.3) is 0 Å². The lowest BCUT2D eigenvalue weighted by molar-refractivity contribution is -0.148. The molecule has 0 saturated carbocycles. The third-order valence-corrected chi connectivity index (χ3v) is 3.04.